The van der Waals surface area contributed by atoms with Crippen LogP contribution in [0.4, 0.5) is 0 Å². The summed E-state index contributed by atoms with van der Waals surface area (Å²) in [6.07, 6.45) is 3.86. The average molecular weight is 339 g/mol. The Balaban J connectivity index is 0.00000192. The number of amides is 1. The van der Waals surface area contributed by atoms with Gasteiger partial charge in [-0.3, -0.25) is 4.79 Å². The topological polar surface area (TPSA) is 41.6 Å². The summed E-state index contributed by atoms with van der Waals surface area (Å²) in [6.45, 7) is 6.53. The zero-order chi connectivity index (χ0) is 15.5. The Morgan fingerprint density at radius 1 is 1.26 bits per heavy atom. The van der Waals surface area contributed by atoms with Crippen LogP contribution < -0.4 is 10.1 Å². The van der Waals surface area contributed by atoms with Gasteiger partial charge < -0.3 is 15.0 Å². The lowest BCUT2D eigenvalue weighted by atomic mass is 10.1. The molecule has 0 saturated carbocycles. The van der Waals surface area contributed by atoms with Gasteiger partial charge in [-0.1, -0.05) is 12.1 Å². The second-order valence-electron chi connectivity index (χ2n) is 6.55. The third kappa shape index (κ3) is 4.18. The lowest BCUT2D eigenvalue weighted by molar-refractivity contribution is -0.134. The van der Waals surface area contributed by atoms with Crippen molar-refractivity contribution < 1.29 is 9.53 Å². The minimum atomic E-state index is 0. The summed E-state index contributed by atoms with van der Waals surface area (Å²) in [5.74, 6) is 1.15. The van der Waals surface area contributed by atoms with Crippen LogP contribution in [0.15, 0.2) is 18.2 Å². The van der Waals surface area contributed by atoms with Crippen LogP contribution in [0.5, 0.6) is 5.75 Å². The first-order valence-corrected chi connectivity index (χ1v) is 8.37. The second-order valence-corrected chi connectivity index (χ2v) is 6.55. The molecule has 0 aromatic heterocycles. The molecular weight excluding hydrogens is 312 g/mol. The van der Waals surface area contributed by atoms with Gasteiger partial charge in [0.1, 0.15) is 5.75 Å². The van der Waals surface area contributed by atoms with E-state index in [1.54, 1.807) is 0 Å². The number of carbonyl (C=O) groups is 1. The van der Waals surface area contributed by atoms with E-state index >= 15 is 0 Å². The van der Waals surface area contributed by atoms with Crippen molar-refractivity contribution in [3.05, 3.63) is 29.3 Å². The zero-order valence-corrected chi connectivity index (χ0v) is 14.8. The molecule has 2 saturated heterocycles. The number of hydrogen-bond donors (Lipinski definition) is 1. The molecule has 2 heterocycles. The van der Waals surface area contributed by atoms with Crippen molar-refractivity contribution in [2.24, 2.45) is 0 Å². The molecule has 23 heavy (non-hydrogen) atoms. The van der Waals surface area contributed by atoms with Crippen molar-refractivity contribution in [2.75, 3.05) is 19.7 Å². The average Bonchev–Trinajstić information content (AvgIpc) is 2.76. The van der Waals surface area contributed by atoms with Gasteiger partial charge in [-0.2, -0.15) is 0 Å². The monoisotopic (exact) mass is 338 g/mol. The molecular formula is C18H27ClN2O2. The van der Waals surface area contributed by atoms with E-state index in [2.05, 4.69) is 29.3 Å². The zero-order valence-electron chi connectivity index (χ0n) is 14.0. The first kappa shape index (κ1) is 18.1. The Bertz CT molecular complexity index is 536. The van der Waals surface area contributed by atoms with Crippen molar-refractivity contribution in [2.45, 2.75) is 51.6 Å². The number of fused-ring (bicyclic) bond motifs is 2. The maximum atomic E-state index is 12.6. The first-order valence-electron chi connectivity index (χ1n) is 8.37. The second kappa shape index (κ2) is 8.02. The van der Waals surface area contributed by atoms with Crippen LogP contribution in [-0.4, -0.2) is 42.6 Å². The highest BCUT2D eigenvalue weighted by Gasteiger charge is 2.37. The van der Waals surface area contributed by atoms with Gasteiger partial charge in [0.05, 0.1) is 13.0 Å². The number of nitrogens with one attached hydrogen (secondary N) is 1. The molecule has 2 fully saturated rings. The van der Waals surface area contributed by atoms with E-state index in [1.165, 1.54) is 5.56 Å². The Hall–Kier alpha value is -1.26. The maximum absolute atomic E-state index is 12.6. The van der Waals surface area contributed by atoms with Gasteiger partial charge in [0.2, 0.25) is 5.91 Å². The van der Waals surface area contributed by atoms with Gasteiger partial charge in [-0.25, -0.2) is 0 Å². The third-order valence-corrected chi connectivity index (χ3v) is 4.86. The van der Waals surface area contributed by atoms with E-state index in [1.807, 2.05) is 13.0 Å². The third-order valence-electron chi connectivity index (χ3n) is 4.86. The van der Waals surface area contributed by atoms with Crippen molar-refractivity contribution >= 4 is 18.3 Å². The predicted octanol–water partition coefficient (Wildman–Crippen LogP) is 2.85. The molecule has 128 valence electrons. The molecule has 1 aromatic carbocycles. The molecule has 2 aliphatic heterocycles. The van der Waals surface area contributed by atoms with E-state index in [4.69, 9.17) is 4.74 Å². The molecule has 1 N–H and O–H groups in total. The molecule has 0 aliphatic carbocycles. The minimum absolute atomic E-state index is 0. The van der Waals surface area contributed by atoms with Crippen LogP contribution in [0.2, 0.25) is 0 Å². The normalized spacial score (nSPS) is 23.1. The molecule has 2 unspecified atom stereocenters. The molecule has 0 radical (unpaired) electrons. The summed E-state index contributed by atoms with van der Waals surface area (Å²) in [5.41, 5.74) is 2.31. The van der Waals surface area contributed by atoms with E-state index in [-0.39, 0.29) is 18.3 Å². The number of ether oxygens (including phenoxy) is 1. The van der Waals surface area contributed by atoms with Crippen LogP contribution in [0.3, 0.4) is 0 Å². The van der Waals surface area contributed by atoms with Gasteiger partial charge >= 0.3 is 0 Å². The molecule has 2 bridgehead atoms. The Labute approximate surface area is 145 Å². The van der Waals surface area contributed by atoms with Gasteiger partial charge in [0, 0.05) is 18.6 Å². The Morgan fingerprint density at radius 2 is 2.04 bits per heavy atom. The lowest BCUT2D eigenvalue weighted by Gasteiger charge is -2.28. The molecule has 0 spiro atoms. The SMILES string of the molecule is Cc1ccc(C)c(OCCC(=O)N2C3CCNCC2CC3)c1.Cl. The van der Waals surface area contributed by atoms with E-state index in [0.29, 0.717) is 25.1 Å². The number of rotatable bonds is 4. The summed E-state index contributed by atoms with van der Waals surface area (Å²) in [4.78, 5) is 14.7. The number of nitrogens with zero attached hydrogens (tertiary/aromatic N) is 1. The molecule has 2 atom stereocenters. The number of hydrogen-bond acceptors (Lipinski definition) is 3. The fourth-order valence-electron chi connectivity index (χ4n) is 3.63. The number of carbonyl (C=O) groups excluding carboxylic acids is 1. The maximum Gasteiger partial charge on any atom is 0.226 e. The van der Waals surface area contributed by atoms with Crippen molar-refractivity contribution in [3.63, 3.8) is 0 Å². The molecule has 5 heteroatoms. The molecule has 2 aliphatic rings. The first-order chi connectivity index (χ1) is 10.6. The van der Waals surface area contributed by atoms with Crippen molar-refractivity contribution in [1.82, 2.24) is 10.2 Å². The largest absolute Gasteiger partial charge is 0.493 e. The van der Waals surface area contributed by atoms with Crippen LogP contribution >= 0.6 is 12.4 Å². The van der Waals surface area contributed by atoms with Crippen molar-refractivity contribution in [1.29, 1.82) is 0 Å². The van der Waals surface area contributed by atoms with Crippen molar-refractivity contribution in [3.8, 4) is 5.75 Å². The van der Waals surface area contributed by atoms with E-state index in [0.717, 1.165) is 43.7 Å². The van der Waals surface area contributed by atoms with E-state index < -0.39 is 0 Å². The summed E-state index contributed by atoms with van der Waals surface area (Å²) in [7, 11) is 0. The molecule has 3 rings (SSSR count). The lowest BCUT2D eigenvalue weighted by Crippen LogP contribution is -2.42. The Kier molecular flexibility index (Phi) is 6.31. The summed E-state index contributed by atoms with van der Waals surface area (Å²) >= 11 is 0. The quantitative estimate of drug-likeness (QED) is 0.917. The highest BCUT2D eigenvalue weighted by Crippen LogP contribution is 2.28. The Morgan fingerprint density at radius 3 is 2.87 bits per heavy atom. The summed E-state index contributed by atoms with van der Waals surface area (Å²) in [5, 5.41) is 3.43. The predicted molar refractivity (Wildman–Crippen MR) is 94.4 cm³/mol. The van der Waals surface area contributed by atoms with Gasteiger partial charge in [0.15, 0.2) is 0 Å². The van der Waals surface area contributed by atoms with Gasteiger partial charge in [0.25, 0.3) is 0 Å². The van der Waals surface area contributed by atoms with Crippen LogP contribution in [0.1, 0.15) is 36.8 Å². The molecule has 4 nitrogen and oxygen atoms in total. The summed E-state index contributed by atoms with van der Waals surface area (Å²) in [6, 6.07) is 7.01. The molecule has 1 amide bonds. The summed E-state index contributed by atoms with van der Waals surface area (Å²) < 4.78 is 5.84. The van der Waals surface area contributed by atoms with Crippen LogP contribution in [0.25, 0.3) is 0 Å². The highest BCUT2D eigenvalue weighted by atomic mass is 35.5. The fraction of sp³-hybridized carbons (Fsp3) is 0.611. The highest BCUT2D eigenvalue weighted by molar-refractivity contribution is 5.85. The fourth-order valence-corrected chi connectivity index (χ4v) is 3.63. The van der Waals surface area contributed by atoms with Crippen LogP contribution in [0, 0.1) is 13.8 Å². The van der Waals surface area contributed by atoms with E-state index in [9.17, 15) is 4.79 Å². The van der Waals surface area contributed by atoms with Gasteiger partial charge in [-0.05, 0) is 56.8 Å². The van der Waals surface area contributed by atoms with Gasteiger partial charge in [-0.15, -0.1) is 12.4 Å². The standard InChI is InChI=1S/C18H26N2O2.ClH/c1-13-3-4-14(2)17(11-13)22-10-8-18(21)20-15-5-6-16(20)12-19-9-7-15;/h3-4,11,15-16,19H,5-10,12H2,1-2H3;1H. The minimum Gasteiger partial charge on any atom is -0.493 e. The number of aryl methyl sites for hydroxylation is 2. The molecule has 1 aromatic rings. The number of benzene rings is 1. The van der Waals surface area contributed by atoms with Crippen LogP contribution in [-0.2, 0) is 4.79 Å². The number of halogens is 1. The smallest absolute Gasteiger partial charge is 0.226 e.